The lowest BCUT2D eigenvalue weighted by Crippen LogP contribution is -2.35. The number of thioether (sulfide) groups is 1. The van der Waals surface area contributed by atoms with Crippen molar-refractivity contribution in [3.05, 3.63) is 57.6 Å². The Morgan fingerprint density at radius 1 is 1.05 bits per heavy atom. The zero-order valence-corrected chi connectivity index (χ0v) is 26.7. The summed E-state index contributed by atoms with van der Waals surface area (Å²) in [4.78, 5) is 26.8. The second-order valence-corrected chi connectivity index (χ2v) is 13.2. The first-order valence-corrected chi connectivity index (χ1v) is 15.3. The van der Waals surface area contributed by atoms with Crippen LogP contribution in [0.2, 0.25) is 10.0 Å². The molecule has 0 unspecified atom stereocenters. The number of hydrogen-bond acceptors (Lipinski definition) is 7. The van der Waals surface area contributed by atoms with E-state index in [1.807, 2.05) is 36.9 Å². The molecule has 0 bridgehead atoms. The first-order chi connectivity index (χ1) is 19.8. The lowest BCUT2D eigenvalue weighted by molar-refractivity contribution is -0.138. The molecule has 1 saturated heterocycles. The summed E-state index contributed by atoms with van der Waals surface area (Å²) in [6.45, 7) is 11.5. The van der Waals surface area contributed by atoms with E-state index in [0.29, 0.717) is 32.1 Å². The van der Waals surface area contributed by atoms with Crippen LogP contribution in [0.4, 0.5) is 5.69 Å². The second-order valence-electron chi connectivity index (χ2n) is 11.5. The Hall–Kier alpha value is -3.10. The van der Waals surface area contributed by atoms with Gasteiger partial charge in [-0.1, -0.05) is 73.6 Å². The first-order valence-electron chi connectivity index (χ1n) is 13.6. The molecule has 0 spiro atoms. The summed E-state index contributed by atoms with van der Waals surface area (Å²) >= 11 is 14.2. The standard InChI is InChI=1S/C30H34Cl2N6O3S/c1-29(2,3)21-9-11-25(23(32)17-21)38-28(34-35-36-38)42-19-26(39)33-24-10-8-20(16-22(24)31)12-13-30(4,5)41-18-27(40)37-14-6-7-15-37/h8-11,16-17H,6-7,14-15,18-19H2,1-5H3,(H,33,39). The van der Waals surface area contributed by atoms with Crippen LogP contribution >= 0.6 is 35.0 Å². The lowest BCUT2D eigenvalue weighted by Gasteiger charge is -2.21. The SMILES string of the molecule is CC(C)(C#Cc1ccc(NC(=O)CSc2nnnn2-c2ccc(C(C)(C)C)cc2Cl)c(Cl)c1)OCC(=O)N1CCCC1. The molecule has 12 heteroatoms. The predicted octanol–water partition coefficient (Wildman–Crippen LogP) is 5.77. The number of halogens is 2. The quantitative estimate of drug-likeness (QED) is 0.250. The van der Waals surface area contributed by atoms with Crippen LogP contribution in [0, 0.1) is 11.8 Å². The van der Waals surface area contributed by atoms with Gasteiger partial charge in [0.05, 0.1) is 27.2 Å². The predicted molar refractivity (Wildman–Crippen MR) is 166 cm³/mol. The monoisotopic (exact) mass is 628 g/mol. The van der Waals surface area contributed by atoms with Crippen molar-refractivity contribution in [3.63, 3.8) is 0 Å². The Kier molecular flexibility index (Phi) is 10.2. The van der Waals surface area contributed by atoms with E-state index in [1.54, 1.807) is 18.2 Å². The number of rotatable bonds is 8. The van der Waals surface area contributed by atoms with Crippen molar-refractivity contribution in [2.75, 3.05) is 30.8 Å². The molecule has 4 rings (SSSR count). The number of nitrogens with zero attached hydrogens (tertiary/aromatic N) is 5. The van der Waals surface area contributed by atoms with Crippen molar-refractivity contribution >= 4 is 52.5 Å². The van der Waals surface area contributed by atoms with E-state index in [4.69, 9.17) is 27.9 Å². The van der Waals surface area contributed by atoms with Crippen molar-refractivity contribution in [1.82, 2.24) is 25.1 Å². The van der Waals surface area contributed by atoms with Gasteiger partial charge in [-0.3, -0.25) is 9.59 Å². The topological polar surface area (TPSA) is 102 Å². The van der Waals surface area contributed by atoms with Gasteiger partial charge in [-0.25, -0.2) is 0 Å². The fourth-order valence-electron chi connectivity index (χ4n) is 4.13. The molecule has 222 valence electrons. The highest BCUT2D eigenvalue weighted by molar-refractivity contribution is 7.99. The third-order valence-corrected chi connectivity index (χ3v) is 8.12. The highest BCUT2D eigenvalue weighted by Crippen LogP contribution is 2.30. The number of carbonyl (C=O) groups is 2. The summed E-state index contributed by atoms with van der Waals surface area (Å²) in [5.41, 5.74) is 1.96. The van der Waals surface area contributed by atoms with Gasteiger partial charge in [0.25, 0.3) is 0 Å². The number of benzene rings is 2. The maximum absolute atomic E-state index is 12.7. The number of hydrogen-bond donors (Lipinski definition) is 1. The van der Waals surface area contributed by atoms with Crippen LogP contribution in [0.3, 0.4) is 0 Å². The van der Waals surface area contributed by atoms with Gasteiger partial charge in [-0.2, -0.15) is 4.68 Å². The summed E-state index contributed by atoms with van der Waals surface area (Å²) in [5.74, 6) is 5.86. The third-order valence-electron chi connectivity index (χ3n) is 6.58. The molecule has 1 aromatic heterocycles. The van der Waals surface area contributed by atoms with Gasteiger partial charge in [0.15, 0.2) is 0 Å². The summed E-state index contributed by atoms with van der Waals surface area (Å²) in [6, 6.07) is 10.9. The maximum Gasteiger partial charge on any atom is 0.248 e. The van der Waals surface area contributed by atoms with Gasteiger partial charge in [0, 0.05) is 18.7 Å². The number of nitrogens with one attached hydrogen (secondary N) is 1. The van der Waals surface area contributed by atoms with E-state index in [9.17, 15) is 9.59 Å². The molecular formula is C30H34Cl2N6O3S. The molecule has 0 saturated carbocycles. The summed E-state index contributed by atoms with van der Waals surface area (Å²) in [7, 11) is 0. The molecule has 2 aromatic carbocycles. The highest BCUT2D eigenvalue weighted by Gasteiger charge is 2.22. The van der Waals surface area contributed by atoms with Crippen LogP contribution < -0.4 is 5.32 Å². The number of amides is 2. The average molecular weight is 630 g/mol. The van der Waals surface area contributed by atoms with Crippen LogP contribution in [-0.4, -0.2) is 68.0 Å². The van der Waals surface area contributed by atoms with E-state index in [-0.39, 0.29) is 29.6 Å². The summed E-state index contributed by atoms with van der Waals surface area (Å²) in [5, 5.41) is 16.0. The van der Waals surface area contributed by atoms with E-state index in [0.717, 1.165) is 31.5 Å². The molecule has 1 aliphatic rings. The van der Waals surface area contributed by atoms with Crippen LogP contribution in [0.5, 0.6) is 0 Å². The fourth-order valence-corrected chi connectivity index (χ4v) is 5.31. The summed E-state index contributed by atoms with van der Waals surface area (Å²) < 4.78 is 7.29. The van der Waals surface area contributed by atoms with Crippen molar-refractivity contribution in [2.24, 2.45) is 0 Å². The Balaban J connectivity index is 1.33. The van der Waals surface area contributed by atoms with Crippen molar-refractivity contribution < 1.29 is 14.3 Å². The van der Waals surface area contributed by atoms with E-state index < -0.39 is 5.60 Å². The molecule has 2 amide bonds. The van der Waals surface area contributed by atoms with Crippen LogP contribution in [-0.2, 0) is 19.7 Å². The second kappa shape index (κ2) is 13.5. The van der Waals surface area contributed by atoms with E-state index >= 15 is 0 Å². The van der Waals surface area contributed by atoms with Gasteiger partial charge in [0.2, 0.25) is 17.0 Å². The first kappa shape index (κ1) is 31.8. The number of ether oxygens (including phenoxy) is 1. The molecule has 0 atom stereocenters. The van der Waals surface area contributed by atoms with Crippen LogP contribution in [0.25, 0.3) is 5.69 Å². The van der Waals surface area contributed by atoms with Crippen LogP contribution in [0.1, 0.15) is 58.6 Å². The number of likely N-dealkylation sites (tertiary alicyclic amines) is 1. The molecule has 0 radical (unpaired) electrons. The minimum Gasteiger partial charge on any atom is -0.353 e. The average Bonchev–Trinajstić information content (AvgIpc) is 3.63. The number of anilines is 1. The Bertz CT molecular complexity index is 1520. The number of tetrazole rings is 1. The van der Waals surface area contributed by atoms with Gasteiger partial charge in [-0.05, 0) is 78.4 Å². The normalized spacial score (nSPS) is 13.5. The van der Waals surface area contributed by atoms with Gasteiger partial charge >= 0.3 is 0 Å². The van der Waals surface area contributed by atoms with Crippen LogP contribution in [0.15, 0.2) is 41.6 Å². The maximum atomic E-state index is 12.7. The molecule has 1 fully saturated rings. The molecule has 9 nitrogen and oxygen atoms in total. The van der Waals surface area contributed by atoms with E-state index in [1.165, 1.54) is 16.4 Å². The Morgan fingerprint density at radius 3 is 2.45 bits per heavy atom. The minimum absolute atomic E-state index is 0.00565. The molecule has 2 heterocycles. The Morgan fingerprint density at radius 2 is 1.79 bits per heavy atom. The molecule has 42 heavy (non-hydrogen) atoms. The zero-order chi connectivity index (χ0) is 30.5. The largest absolute Gasteiger partial charge is 0.353 e. The molecule has 1 N–H and O–H groups in total. The third kappa shape index (κ3) is 8.48. The van der Waals surface area contributed by atoms with Gasteiger partial charge in [0.1, 0.15) is 12.2 Å². The van der Waals surface area contributed by atoms with Gasteiger partial charge < -0.3 is 15.0 Å². The Labute approximate surface area is 260 Å². The molecule has 0 aliphatic carbocycles. The van der Waals surface area contributed by atoms with Crippen molar-refractivity contribution in [1.29, 1.82) is 0 Å². The van der Waals surface area contributed by atoms with E-state index in [2.05, 4.69) is 53.5 Å². The molecular weight excluding hydrogens is 595 g/mol. The number of aromatic nitrogens is 4. The van der Waals surface area contributed by atoms with Gasteiger partial charge in [-0.15, -0.1) is 5.10 Å². The fraction of sp³-hybridized carbons (Fsp3) is 0.433. The molecule has 3 aromatic rings. The smallest absolute Gasteiger partial charge is 0.248 e. The minimum atomic E-state index is -0.819. The highest BCUT2D eigenvalue weighted by atomic mass is 35.5. The summed E-state index contributed by atoms with van der Waals surface area (Å²) in [6.07, 6.45) is 2.07. The van der Waals surface area contributed by atoms with Crippen molar-refractivity contribution in [2.45, 2.75) is 63.6 Å². The molecule has 1 aliphatic heterocycles. The van der Waals surface area contributed by atoms with Crippen molar-refractivity contribution in [3.8, 4) is 17.5 Å². The number of carbonyl (C=O) groups excluding carboxylic acids is 2. The zero-order valence-electron chi connectivity index (χ0n) is 24.3. The lowest BCUT2D eigenvalue weighted by atomic mass is 9.87.